The molecule has 3 aromatic carbocycles. The highest BCUT2D eigenvalue weighted by Crippen LogP contribution is 2.29. The molecule has 0 saturated heterocycles. The van der Waals surface area contributed by atoms with E-state index in [1.165, 1.54) is 0 Å². The van der Waals surface area contributed by atoms with Crippen molar-refractivity contribution in [2.24, 2.45) is 0 Å². The van der Waals surface area contributed by atoms with Gasteiger partial charge in [-0.3, -0.25) is 4.79 Å². The first-order valence-electron chi connectivity index (χ1n) is 8.85. The van der Waals surface area contributed by atoms with Crippen molar-refractivity contribution in [1.82, 2.24) is 0 Å². The second kappa shape index (κ2) is 7.48. The van der Waals surface area contributed by atoms with Gasteiger partial charge in [-0.15, -0.1) is 0 Å². The number of methoxy groups -OCH3 is 1. The van der Waals surface area contributed by atoms with E-state index >= 15 is 0 Å². The molecule has 0 aliphatic heterocycles. The fourth-order valence-corrected chi connectivity index (χ4v) is 2.91. The molecule has 5 heteroatoms. The summed E-state index contributed by atoms with van der Waals surface area (Å²) >= 11 is 0. The van der Waals surface area contributed by atoms with Crippen LogP contribution in [0.1, 0.15) is 16.1 Å². The summed E-state index contributed by atoms with van der Waals surface area (Å²) < 4.78 is 16.8. The molecule has 0 unspecified atom stereocenters. The Morgan fingerprint density at radius 3 is 2.43 bits per heavy atom. The van der Waals surface area contributed by atoms with Crippen molar-refractivity contribution in [1.29, 1.82) is 0 Å². The normalized spacial score (nSPS) is 10.6. The standard InChI is InChI=1S/C23H19NO4/c1-15-6-3-4-8-19(15)27-18-12-10-17(11-13-18)24-23(25)21-14-16-7-5-9-20(26-2)22(16)28-21/h3-14H,1-2H3,(H,24,25). The van der Waals surface area contributed by atoms with Crippen molar-refractivity contribution in [3.8, 4) is 17.2 Å². The van der Waals surface area contributed by atoms with Gasteiger partial charge in [-0.05, 0) is 55.0 Å². The Morgan fingerprint density at radius 1 is 0.929 bits per heavy atom. The number of nitrogens with one attached hydrogen (secondary N) is 1. The van der Waals surface area contributed by atoms with E-state index in [-0.39, 0.29) is 11.7 Å². The van der Waals surface area contributed by atoms with Crippen LogP contribution in [0.3, 0.4) is 0 Å². The lowest BCUT2D eigenvalue weighted by Gasteiger charge is -2.09. The van der Waals surface area contributed by atoms with Gasteiger partial charge in [-0.2, -0.15) is 0 Å². The van der Waals surface area contributed by atoms with E-state index in [9.17, 15) is 4.79 Å². The number of furan rings is 1. The zero-order chi connectivity index (χ0) is 19.5. The van der Waals surface area contributed by atoms with Crippen molar-refractivity contribution >= 4 is 22.6 Å². The molecule has 28 heavy (non-hydrogen) atoms. The number of benzene rings is 3. The molecule has 0 aliphatic rings. The fraction of sp³-hybridized carbons (Fsp3) is 0.0870. The molecule has 5 nitrogen and oxygen atoms in total. The van der Waals surface area contributed by atoms with Crippen LogP contribution in [-0.2, 0) is 0 Å². The Hall–Kier alpha value is -3.73. The summed E-state index contributed by atoms with van der Waals surface area (Å²) in [6.45, 7) is 1.99. The van der Waals surface area contributed by atoms with Gasteiger partial charge in [0.25, 0.3) is 5.91 Å². The van der Waals surface area contributed by atoms with Crippen molar-refractivity contribution in [2.75, 3.05) is 12.4 Å². The SMILES string of the molecule is COc1cccc2cc(C(=O)Nc3ccc(Oc4ccccc4C)cc3)oc12. The molecule has 140 valence electrons. The van der Waals surface area contributed by atoms with Crippen LogP contribution in [0.5, 0.6) is 17.2 Å². The summed E-state index contributed by atoms with van der Waals surface area (Å²) in [7, 11) is 1.57. The predicted molar refractivity (Wildman–Crippen MR) is 108 cm³/mol. The zero-order valence-corrected chi connectivity index (χ0v) is 15.6. The highest BCUT2D eigenvalue weighted by molar-refractivity contribution is 6.05. The average Bonchev–Trinajstić information content (AvgIpc) is 3.16. The number of hydrogen-bond acceptors (Lipinski definition) is 4. The third-order valence-corrected chi connectivity index (χ3v) is 4.39. The molecule has 1 heterocycles. The van der Waals surface area contributed by atoms with Gasteiger partial charge in [-0.1, -0.05) is 30.3 Å². The van der Waals surface area contributed by atoms with Crippen LogP contribution in [0, 0.1) is 6.92 Å². The summed E-state index contributed by atoms with van der Waals surface area (Å²) in [6.07, 6.45) is 0. The molecule has 0 saturated carbocycles. The Bertz CT molecular complexity index is 1130. The molecule has 0 atom stereocenters. The minimum absolute atomic E-state index is 0.222. The van der Waals surface area contributed by atoms with Gasteiger partial charge in [0.15, 0.2) is 17.1 Å². The van der Waals surface area contributed by atoms with Gasteiger partial charge < -0.3 is 19.2 Å². The van der Waals surface area contributed by atoms with E-state index in [1.54, 1.807) is 31.4 Å². The molecular weight excluding hydrogens is 354 g/mol. The Kier molecular flexibility index (Phi) is 4.72. The van der Waals surface area contributed by atoms with E-state index < -0.39 is 0 Å². The lowest BCUT2D eigenvalue weighted by atomic mass is 10.2. The van der Waals surface area contributed by atoms with Crippen molar-refractivity contribution in [3.05, 3.63) is 84.1 Å². The molecule has 0 spiro atoms. The quantitative estimate of drug-likeness (QED) is 0.481. The number of aryl methyl sites for hydroxylation is 1. The van der Waals surface area contributed by atoms with Crippen LogP contribution < -0.4 is 14.8 Å². The number of anilines is 1. The zero-order valence-electron chi connectivity index (χ0n) is 15.6. The lowest BCUT2D eigenvalue weighted by molar-refractivity contribution is 0.0998. The first kappa shape index (κ1) is 17.7. The number of carbonyl (C=O) groups excluding carboxylic acids is 1. The number of rotatable bonds is 5. The average molecular weight is 373 g/mol. The molecule has 1 N–H and O–H groups in total. The topological polar surface area (TPSA) is 60.7 Å². The maximum Gasteiger partial charge on any atom is 0.291 e. The molecule has 0 aliphatic carbocycles. The minimum atomic E-state index is -0.328. The Morgan fingerprint density at radius 2 is 1.68 bits per heavy atom. The smallest absolute Gasteiger partial charge is 0.291 e. The Labute approximate surface area is 162 Å². The van der Waals surface area contributed by atoms with Crippen LogP contribution in [0.2, 0.25) is 0 Å². The van der Waals surface area contributed by atoms with Gasteiger partial charge in [0, 0.05) is 11.1 Å². The molecular formula is C23H19NO4. The molecule has 1 aromatic heterocycles. The number of ether oxygens (including phenoxy) is 2. The number of para-hydroxylation sites is 2. The second-order valence-corrected chi connectivity index (χ2v) is 6.34. The third kappa shape index (κ3) is 3.55. The lowest BCUT2D eigenvalue weighted by Crippen LogP contribution is -2.10. The summed E-state index contributed by atoms with van der Waals surface area (Å²) in [5, 5.41) is 3.64. The molecule has 0 fully saturated rings. The van der Waals surface area contributed by atoms with Gasteiger partial charge >= 0.3 is 0 Å². The van der Waals surface area contributed by atoms with Crippen LogP contribution in [0.4, 0.5) is 5.69 Å². The third-order valence-electron chi connectivity index (χ3n) is 4.39. The van der Waals surface area contributed by atoms with Crippen LogP contribution in [-0.4, -0.2) is 13.0 Å². The van der Waals surface area contributed by atoms with Crippen molar-refractivity contribution < 1.29 is 18.7 Å². The van der Waals surface area contributed by atoms with Crippen molar-refractivity contribution in [3.63, 3.8) is 0 Å². The summed E-state index contributed by atoms with van der Waals surface area (Å²) in [4.78, 5) is 12.5. The first-order chi connectivity index (χ1) is 13.6. The molecule has 0 bridgehead atoms. The second-order valence-electron chi connectivity index (χ2n) is 6.34. The number of hydrogen-bond donors (Lipinski definition) is 1. The van der Waals surface area contributed by atoms with Gasteiger partial charge in [0.05, 0.1) is 7.11 Å². The van der Waals surface area contributed by atoms with Gasteiger partial charge in [-0.25, -0.2) is 0 Å². The van der Waals surface area contributed by atoms with E-state index in [0.29, 0.717) is 22.8 Å². The van der Waals surface area contributed by atoms with E-state index in [0.717, 1.165) is 16.7 Å². The number of amides is 1. The Balaban J connectivity index is 1.48. The highest BCUT2D eigenvalue weighted by atomic mass is 16.5. The molecule has 1 amide bonds. The molecule has 4 rings (SSSR count). The van der Waals surface area contributed by atoms with Gasteiger partial charge in [0.1, 0.15) is 11.5 Å². The minimum Gasteiger partial charge on any atom is -0.493 e. The maximum atomic E-state index is 12.5. The fourth-order valence-electron chi connectivity index (χ4n) is 2.91. The summed E-state index contributed by atoms with van der Waals surface area (Å²) in [5.41, 5.74) is 2.26. The highest BCUT2D eigenvalue weighted by Gasteiger charge is 2.15. The summed E-state index contributed by atoms with van der Waals surface area (Å²) in [6, 6.07) is 22.2. The molecule has 0 radical (unpaired) electrons. The van der Waals surface area contributed by atoms with Gasteiger partial charge in [0.2, 0.25) is 0 Å². The number of carbonyl (C=O) groups is 1. The first-order valence-corrected chi connectivity index (χ1v) is 8.85. The molecule has 4 aromatic rings. The van der Waals surface area contributed by atoms with Crippen LogP contribution >= 0.6 is 0 Å². The van der Waals surface area contributed by atoms with E-state index in [4.69, 9.17) is 13.9 Å². The monoisotopic (exact) mass is 373 g/mol. The maximum absolute atomic E-state index is 12.5. The number of fused-ring (bicyclic) bond motifs is 1. The van der Waals surface area contributed by atoms with E-state index in [2.05, 4.69) is 5.32 Å². The van der Waals surface area contributed by atoms with Crippen LogP contribution in [0.15, 0.2) is 77.2 Å². The predicted octanol–water partition coefficient (Wildman–Crippen LogP) is 5.79. The van der Waals surface area contributed by atoms with E-state index in [1.807, 2.05) is 55.5 Å². The largest absolute Gasteiger partial charge is 0.493 e. The summed E-state index contributed by atoms with van der Waals surface area (Å²) in [5.74, 6) is 1.98. The van der Waals surface area contributed by atoms with Crippen LogP contribution in [0.25, 0.3) is 11.0 Å². The van der Waals surface area contributed by atoms with Crippen molar-refractivity contribution in [2.45, 2.75) is 6.92 Å².